The molecule has 10 heavy (non-hydrogen) atoms. The Bertz CT molecular complexity index is 285. The van der Waals surface area contributed by atoms with E-state index in [1.807, 2.05) is 0 Å². The minimum absolute atomic E-state index is 1.14. The van der Waals surface area contributed by atoms with Crippen LogP contribution in [-0.4, -0.2) is 0 Å². The normalized spacial score (nSPS) is 20.9. The molecule has 0 saturated heterocycles. The molecule has 0 aliphatic heterocycles. The second-order valence-electron chi connectivity index (χ2n) is 2.75. The summed E-state index contributed by atoms with van der Waals surface area (Å²) in [7, 11) is 0. The van der Waals surface area contributed by atoms with Gasteiger partial charge < -0.3 is 0 Å². The van der Waals surface area contributed by atoms with Crippen molar-refractivity contribution in [2.45, 2.75) is 13.3 Å². The van der Waals surface area contributed by atoms with Crippen molar-refractivity contribution in [1.82, 2.24) is 0 Å². The summed E-state index contributed by atoms with van der Waals surface area (Å²) < 4.78 is 0. The first-order valence-electron chi connectivity index (χ1n) is 3.65. The Morgan fingerprint density at radius 2 is 2.00 bits per heavy atom. The fourth-order valence-corrected chi connectivity index (χ4v) is 1.47. The van der Waals surface area contributed by atoms with Crippen LogP contribution in [0.1, 0.15) is 13.3 Å². The molecular formula is C10H10. The third-order valence-corrected chi connectivity index (χ3v) is 2.09. The predicted molar refractivity (Wildman–Crippen MR) is 43.7 cm³/mol. The highest BCUT2D eigenvalue weighted by Crippen LogP contribution is 2.36. The van der Waals surface area contributed by atoms with E-state index in [2.05, 4.69) is 31.7 Å². The second kappa shape index (κ2) is 1.72. The van der Waals surface area contributed by atoms with Gasteiger partial charge in [-0.2, -0.15) is 0 Å². The Hall–Kier alpha value is -1.04. The Labute approximate surface area is 61.3 Å². The van der Waals surface area contributed by atoms with Crippen molar-refractivity contribution in [3.8, 4) is 0 Å². The molecule has 0 aromatic rings. The van der Waals surface area contributed by atoms with E-state index in [9.17, 15) is 0 Å². The van der Waals surface area contributed by atoms with Crippen LogP contribution in [0.25, 0.3) is 0 Å². The predicted octanol–water partition coefficient (Wildman–Crippen LogP) is 2.76. The molecule has 0 saturated carbocycles. The van der Waals surface area contributed by atoms with Crippen LogP contribution in [0.2, 0.25) is 0 Å². The molecule has 0 atom stereocenters. The van der Waals surface area contributed by atoms with Crippen molar-refractivity contribution < 1.29 is 0 Å². The fraction of sp³-hybridized carbons (Fsp3) is 0.200. The van der Waals surface area contributed by atoms with Crippen molar-refractivity contribution in [2.75, 3.05) is 0 Å². The van der Waals surface area contributed by atoms with Crippen LogP contribution in [0.5, 0.6) is 0 Å². The minimum atomic E-state index is 1.14. The molecule has 0 aromatic carbocycles. The molecule has 0 heteroatoms. The molecule has 0 unspecified atom stereocenters. The van der Waals surface area contributed by atoms with Gasteiger partial charge in [0.05, 0.1) is 0 Å². The number of allylic oxidation sites excluding steroid dienone is 7. The van der Waals surface area contributed by atoms with E-state index in [4.69, 9.17) is 0 Å². The Balaban J connectivity index is 2.43. The highest BCUT2D eigenvalue weighted by atomic mass is 14.2. The van der Waals surface area contributed by atoms with Gasteiger partial charge in [-0.3, -0.25) is 0 Å². The van der Waals surface area contributed by atoms with Crippen molar-refractivity contribution in [3.63, 3.8) is 0 Å². The van der Waals surface area contributed by atoms with E-state index in [1.54, 1.807) is 0 Å². The van der Waals surface area contributed by atoms with Gasteiger partial charge in [0, 0.05) is 0 Å². The summed E-state index contributed by atoms with van der Waals surface area (Å²) in [5, 5.41) is 0. The summed E-state index contributed by atoms with van der Waals surface area (Å²) in [4.78, 5) is 0. The summed E-state index contributed by atoms with van der Waals surface area (Å²) in [5.74, 6) is 0. The van der Waals surface area contributed by atoms with E-state index in [-0.39, 0.29) is 0 Å². The van der Waals surface area contributed by atoms with Gasteiger partial charge in [0.1, 0.15) is 0 Å². The lowest BCUT2D eigenvalue weighted by atomic mass is 10.0. The molecule has 50 valence electrons. The summed E-state index contributed by atoms with van der Waals surface area (Å²) in [5.41, 5.74) is 5.32. The molecular weight excluding hydrogens is 120 g/mol. The van der Waals surface area contributed by atoms with E-state index in [1.165, 1.54) is 22.3 Å². The molecule has 0 fully saturated rings. The van der Waals surface area contributed by atoms with Gasteiger partial charge in [0.15, 0.2) is 0 Å². The van der Waals surface area contributed by atoms with Gasteiger partial charge in [0.2, 0.25) is 0 Å². The van der Waals surface area contributed by atoms with E-state index >= 15 is 0 Å². The van der Waals surface area contributed by atoms with Crippen LogP contribution in [0.15, 0.2) is 47.1 Å². The fourth-order valence-electron chi connectivity index (χ4n) is 1.47. The first-order chi connectivity index (χ1) is 4.81. The van der Waals surface area contributed by atoms with Crippen LogP contribution in [0, 0.1) is 0 Å². The maximum Gasteiger partial charge on any atom is -0.0181 e. The SMILES string of the molecule is C=C1C=C2C=C1C=C2CC. The lowest BCUT2D eigenvalue weighted by Gasteiger charge is -2.03. The van der Waals surface area contributed by atoms with Gasteiger partial charge >= 0.3 is 0 Å². The number of hydrogen-bond donors (Lipinski definition) is 0. The number of rotatable bonds is 1. The average molecular weight is 130 g/mol. The smallest absolute Gasteiger partial charge is 0.0181 e. The summed E-state index contributed by atoms with van der Waals surface area (Å²) in [6.07, 6.45) is 7.74. The van der Waals surface area contributed by atoms with Crippen molar-refractivity contribution in [1.29, 1.82) is 0 Å². The van der Waals surface area contributed by atoms with Gasteiger partial charge in [-0.25, -0.2) is 0 Å². The second-order valence-corrected chi connectivity index (χ2v) is 2.75. The van der Waals surface area contributed by atoms with Gasteiger partial charge in [-0.05, 0) is 40.9 Å². The zero-order chi connectivity index (χ0) is 7.14. The highest BCUT2D eigenvalue weighted by molar-refractivity contribution is 5.69. The van der Waals surface area contributed by atoms with E-state index < -0.39 is 0 Å². The van der Waals surface area contributed by atoms with E-state index in [0.717, 1.165) is 6.42 Å². The number of hydrogen-bond acceptors (Lipinski definition) is 0. The largest absolute Gasteiger partial charge is 0.0911 e. The molecule has 2 rings (SSSR count). The first kappa shape index (κ1) is 5.72. The standard InChI is InChI=1S/C10H10/c1-3-8-5-9-6-10(8)4-7(9)2/h4-6H,2-3H2,1H3. The quantitative estimate of drug-likeness (QED) is 0.512. The molecule has 0 aromatic heterocycles. The van der Waals surface area contributed by atoms with Crippen LogP contribution in [-0.2, 0) is 0 Å². The van der Waals surface area contributed by atoms with Crippen molar-refractivity contribution in [3.05, 3.63) is 47.1 Å². The molecule has 2 aliphatic rings. The molecule has 0 N–H and O–H groups in total. The third-order valence-electron chi connectivity index (χ3n) is 2.09. The lowest BCUT2D eigenvalue weighted by molar-refractivity contribution is 1.13. The van der Waals surface area contributed by atoms with Crippen LogP contribution >= 0.6 is 0 Å². The van der Waals surface area contributed by atoms with Crippen LogP contribution in [0.3, 0.4) is 0 Å². The molecule has 0 nitrogen and oxygen atoms in total. The molecule has 0 amide bonds. The molecule has 0 heterocycles. The highest BCUT2D eigenvalue weighted by Gasteiger charge is 2.17. The summed E-state index contributed by atoms with van der Waals surface area (Å²) in [6.45, 7) is 6.10. The van der Waals surface area contributed by atoms with Crippen LogP contribution < -0.4 is 0 Å². The zero-order valence-corrected chi connectivity index (χ0v) is 6.15. The zero-order valence-electron chi connectivity index (χ0n) is 6.15. The first-order valence-corrected chi connectivity index (χ1v) is 3.65. The third kappa shape index (κ3) is 0.563. The van der Waals surface area contributed by atoms with Crippen molar-refractivity contribution in [2.24, 2.45) is 0 Å². The maximum atomic E-state index is 3.92. The monoisotopic (exact) mass is 130 g/mol. The van der Waals surface area contributed by atoms with Crippen LogP contribution in [0.4, 0.5) is 0 Å². The van der Waals surface area contributed by atoms with Gasteiger partial charge in [0.25, 0.3) is 0 Å². The Morgan fingerprint density at radius 1 is 1.20 bits per heavy atom. The summed E-state index contributed by atoms with van der Waals surface area (Å²) >= 11 is 0. The number of fused-ring (bicyclic) bond motifs is 1. The van der Waals surface area contributed by atoms with Crippen molar-refractivity contribution >= 4 is 0 Å². The topological polar surface area (TPSA) is 0 Å². The Kier molecular flexibility index (Phi) is 0.986. The average Bonchev–Trinajstić information content (AvgIpc) is 2.44. The molecule has 2 aliphatic carbocycles. The Morgan fingerprint density at radius 3 is 2.40 bits per heavy atom. The van der Waals surface area contributed by atoms with Gasteiger partial charge in [-0.15, -0.1) is 0 Å². The van der Waals surface area contributed by atoms with E-state index in [0.29, 0.717) is 0 Å². The molecule has 0 radical (unpaired) electrons. The summed E-state index contributed by atoms with van der Waals surface area (Å²) in [6, 6.07) is 0. The molecule has 0 spiro atoms. The van der Waals surface area contributed by atoms with Gasteiger partial charge in [-0.1, -0.05) is 19.6 Å². The maximum absolute atomic E-state index is 3.92. The molecule has 2 bridgehead atoms. The lowest BCUT2D eigenvalue weighted by Crippen LogP contribution is -1.84. The minimum Gasteiger partial charge on any atom is -0.0911 e.